The van der Waals surface area contributed by atoms with Gasteiger partial charge in [-0.3, -0.25) is 19.2 Å². The van der Waals surface area contributed by atoms with Crippen LogP contribution in [-0.4, -0.2) is 129 Å². The smallest absolute Gasteiger partial charge is 0.245 e. The molecule has 2 aliphatic heterocycles. The van der Waals surface area contributed by atoms with Crippen LogP contribution in [0.2, 0.25) is 0 Å². The summed E-state index contributed by atoms with van der Waals surface area (Å²) in [6.07, 6.45) is 4.36. The number of amides is 3. The van der Waals surface area contributed by atoms with Crippen molar-refractivity contribution >= 4 is 43.6 Å². The molecule has 6 atom stereocenters. The Bertz CT molecular complexity index is 2750. The molecule has 408 valence electrons. The zero-order valence-corrected chi connectivity index (χ0v) is 47.3. The predicted molar refractivity (Wildman–Crippen MR) is 296 cm³/mol. The minimum Gasteiger partial charge on any atom is -0.344 e. The van der Waals surface area contributed by atoms with E-state index in [0.29, 0.717) is 62.7 Å². The maximum Gasteiger partial charge on any atom is 0.245 e. The molecule has 0 bridgehead atoms. The Morgan fingerprint density at radius 1 is 0.640 bits per heavy atom. The molecule has 0 saturated carbocycles. The summed E-state index contributed by atoms with van der Waals surface area (Å²) in [7, 11) is -6.44. The van der Waals surface area contributed by atoms with Gasteiger partial charge in [0.25, 0.3) is 0 Å². The molecule has 4 aromatic rings. The normalized spacial score (nSPS) is 18.1. The molecule has 2 fully saturated rings. The molecule has 3 amide bonds. The first-order chi connectivity index (χ1) is 35.6. The SMILES string of the molecule is CC[C@@H](C)C(=O)N[C@H](C(=O)N1CCC[C@H]1CN(CCc1ccccc1)S(=O)(=O)c1ccc(-c2ccc(S(=O)(=O)N(CCc3ccccc3)C[C@@H]3CCCN3C(=O)[C@@H](CC(=O)[C@H](C)NC)C(C)(C)C)cc2)cc1)C(C)C. The van der Waals surface area contributed by atoms with Crippen molar-refractivity contribution < 1.29 is 36.0 Å². The number of hydrogen-bond acceptors (Lipinski definition) is 9. The number of ketones is 1. The van der Waals surface area contributed by atoms with Gasteiger partial charge in [0.2, 0.25) is 37.8 Å². The van der Waals surface area contributed by atoms with Crippen LogP contribution in [0.5, 0.6) is 0 Å². The highest BCUT2D eigenvalue weighted by atomic mass is 32.2. The number of likely N-dealkylation sites (N-methyl/N-ethyl adjacent to an activating group) is 1. The summed E-state index contributed by atoms with van der Waals surface area (Å²) in [6.45, 7) is 16.8. The third kappa shape index (κ3) is 15.0. The monoisotopic (exact) mass is 1070 g/mol. The molecule has 0 aliphatic carbocycles. The van der Waals surface area contributed by atoms with E-state index < -0.39 is 43.5 Å². The summed E-state index contributed by atoms with van der Waals surface area (Å²) in [6, 6.07) is 30.7. The number of likely N-dealkylation sites (tertiary alicyclic amines) is 2. The van der Waals surface area contributed by atoms with Crippen LogP contribution in [0, 0.1) is 23.2 Å². The topological polar surface area (TPSA) is 174 Å². The van der Waals surface area contributed by atoms with Crippen LogP contribution in [-0.2, 0) is 52.1 Å². The molecule has 14 nitrogen and oxygen atoms in total. The Kier molecular flexibility index (Phi) is 20.6. The van der Waals surface area contributed by atoms with Gasteiger partial charge >= 0.3 is 0 Å². The van der Waals surface area contributed by atoms with Crippen LogP contribution in [0.15, 0.2) is 119 Å². The third-order valence-electron chi connectivity index (χ3n) is 15.4. The average molecular weight is 1070 g/mol. The average Bonchev–Trinajstić information content (AvgIpc) is 4.08. The van der Waals surface area contributed by atoms with E-state index in [-0.39, 0.29) is 89.8 Å². The molecule has 75 heavy (non-hydrogen) atoms. The zero-order chi connectivity index (χ0) is 54.7. The van der Waals surface area contributed by atoms with Crippen LogP contribution in [0.1, 0.15) is 105 Å². The Morgan fingerprint density at radius 2 is 1.07 bits per heavy atom. The van der Waals surface area contributed by atoms with Gasteiger partial charge in [-0.2, -0.15) is 8.61 Å². The summed E-state index contributed by atoms with van der Waals surface area (Å²) in [5.41, 5.74) is 2.85. The van der Waals surface area contributed by atoms with Crippen molar-refractivity contribution in [2.75, 3.05) is 46.3 Å². The molecule has 2 saturated heterocycles. The first-order valence-corrected chi connectivity index (χ1v) is 29.8. The molecular weight excluding hydrogens is 985 g/mol. The van der Waals surface area contributed by atoms with Crippen molar-refractivity contribution in [3.8, 4) is 11.1 Å². The molecule has 2 heterocycles. The molecule has 0 unspecified atom stereocenters. The quantitative estimate of drug-likeness (QED) is 0.0663. The Labute approximate surface area is 448 Å². The molecule has 2 N–H and O–H groups in total. The van der Waals surface area contributed by atoms with Crippen molar-refractivity contribution in [1.82, 2.24) is 29.0 Å². The highest BCUT2D eigenvalue weighted by molar-refractivity contribution is 7.89. The first-order valence-electron chi connectivity index (χ1n) is 27.0. The number of sulfonamides is 2. The van der Waals surface area contributed by atoms with Crippen LogP contribution >= 0.6 is 0 Å². The number of rotatable bonds is 25. The van der Waals surface area contributed by atoms with Crippen molar-refractivity contribution in [3.05, 3.63) is 120 Å². The molecule has 0 aromatic heterocycles. The number of hydrogen-bond donors (Lipinski definition) is 2. The van der Waals surface area contributed by atoms with E-state index in [4.69, 9.17) is 0 Å². The summed E-state index contributed by atoms with van der Waals surface area (Å²) < 4.78 is 61.9. The summed E-state index contributed by atoms with van der Waals surface area (Å²) >= 11 is 0. The van der Waals surface area contributed by atoms with Crippen LogP contribution in [0.4, 0.5) is 0 Å². The molecule has 16 heteroatoms. The van der Waals surface area contributed by atoms with Gasteiger partial charge in [-0.05, 0) is 117 Å². The fraction of sp³-hybridized carbons (Fsp3) is 0.525. The second kappa shape index (κ2) is 26.2. The molecular formula is C59H82N6O8S2. The summed E-state index contributed by atoms with van der Waals surface area (Å²) in [5.74, 6) is -1.53. The standard InChI is InChI=1S/C59H82N6O8S2/c1-10-43(4)56(67)61-55(42(2)3)58(69)65-36-18-24-50(65)41-63(38-34-46-21-15-12-16-22-46)75(72,73)52-31-27-48(28-32-52)47-25-29-51(30-26-47)74(70,71)62(37-33-45-19-13-11-14-20-45)40-49-23-17-35-64(49)57(68)53(59(6,7)8)39-54(66)44(5)60-9/h11-16,19-22,25-32,42-44,49-50,53,55,60H,10,17-18,23-24,33-41H2,1-9H3,(H,61,67)/t43-,44+,49+,50+,53-,55+/m1/s1. The van der Waals surface area contributed by atoms with E-state index in [0.717, 1.165) is 17.5 Å². The van der Waals surface area contributed by atoms with Gasteiger partial charge in [0.1, 0.15) is 11.8 Å². The van der Waals surface area contributed by atoms with E-state index in [1.54, 1.807) is 72.3 Å². The number of benzene rings is 4. The van der Waals surface area contributed by atoms with E-state index >= 15 is 0 Å². The minimum absolute atomic E-state index is 0.0433. The van der Waals surface area contributed by atoms with Crippen molar-refractivity contribution in [2.24, 2.45) is 23.2 Å². The number of carbonyl (C=O) groups is 4. The molecule has 4 aromatic carbocycles. The van der Waals surface area contributed by atoms with Gasteiger partial charge in [0, 0.05) is 69.6 Å². The number of nitrogens with zero attached hydrogens (tertiary/aromatic N) is 4. The van der Waals surface area contributed by atoms with Gasteiger partial charge in [0.15, 0.2) is 0 Å². The lowest BCUT2D eigenvalue weighted by molar-refractivity contribution is -0.143. The number of nitrogens with one attached hydrogen (secondary N) is 2. The molecule has 0 spiro atoms. The Morgan fingerprint density at radius 3 is 1.45 bits per heavy atom. The molecule has 2 aliphatic rings. The first kappa shape index (κ1) is 59.0. The fourth-order valence-corrected chi connectivity index (χ4v) is 13.1. The second-order valence-electron chi connectivity index (χ2n) is 22.0. The Balaban J connectivity index is 1.22. The minimum atomic E-state index is -4.08. The fourth-order valence-electron chi connectivity index (χ4n) is 10.1. The molecule has 0 radical (unpaired) electrons. The lowest BCUT2D eigenvalue weighted by Crippen LogP contribution is -2.55. The van der Waals surface area contributed by atoms with E-state index in [1.165, 1.54) is 8.61 Å². The van der Waals surface area contributed by atoms with Crippen molar-refractivity contribution in [2.45, 2.75) is 141 Å². The highest BCUT2D eigenvalue weighted by Gasteiger charge is 2.42. The van der Waals surface area contributed by atoms with Crippen LogP contribution in [0.25, 0.3) is 11.1 Å². The van der Waals surface area contributed by atoms with Crippen molar-refractivity contribution in [1.29, 1.82) is 0 Å². The summed E-state index contributed by atoms with van der Waals surface area (Å²) in [4.78, 5) is 58.5. The maximum absolute atomic E-state index is 14.8. The van der Waals surface area contributed by atoms with E-state index in [2.05, 4.69) is 10.6 Å². The van der Waals surface area contributed by atoms with Gasteiger partial charge in [0.05, 0.1) is 15.8 Å². The van der Waals surface area contributed by atoms with Gasteiger partial charge < -0.3 is 20.4 Å². The summed E-state index contributed by atoms with van der Waals surface area (Å²) in [5, 5.41) is 5.98. The van der Waals surface area contributed by atoms with Gasteiger partial charge in [-0.15, -0.1) is 0 Å². The van der Waals surface area contributed by atoms with E-state index in [9.17, 15) is 36.0 Å². The maximum atomic E-state index is 14.8. The van der Waals surface area contributed by atoms with Gasteiger partial charge in [-0.25, -0.2) is 16.8 Å². The largest absolute Gasteiger partial charge is 0.344 e. The van der Waals surface area contributed by atoms with Crippen LogP contribution < -0.4 is 10.6 Å². The highest BCUT2D eigenvalue weighted by Crippen LogP contribution is 2.35. The van der Waals surface area contributed by atoms with E-state index in [1.807, 2.05) is 109 Å². The van der Waals surface area contributed by atoms with Crippen LogP contribution in [0.3, 0.4) is 0 Å². The lowest BCUT2D eigenvalue weighted by atomic mass is 9.76. The lowest BCUT2D eigenvalue weighted by Gasteiger charge is -2.37. The second-order valence-corrected chi connectivity index (χ2v) is 25.9. The third-order valence-corrected chi connectivity index (χ3v) is 19.2. The van der Waals surface area contributed by atoms with Gasteiger partial charge in [-0.1, -0.05) is 133 Å². The Hall–Kier alpha value is -5.26. The van der Waals surface area contributed by atoms with Crippen molar-refractivity contribution in [3.63, 3.8) is 0 Å². The predicted octanol–water partition coefficient (Wildman–Crippen LogP) is 8.22. The number of carbonyl (C=O) groups excluding carboxylic acids is 4. The zero-order valence-electron chi connectivity index (χ0n) is 45.7. The number of Topliss-reactive ketones (excluding diaryl/α,β-unsaturated/α-hetero) is 1. The molecule has 6 rings (SSSR count).